The second kappa shape index (κ2) is 11.9. The Morgan fingerprint density at radius 3 is 2.00 bits per heavy atom. The highest BCUT2D eigenvalue weighted by Crippen LogP contribution is 2.25. The number of halogens is 1. The predicted molar refractivity (Wildman–Crippen MR) is 146 cm³/mol. The fraction of sp³-hybridized carbons (Fsp3) is 0.207. The highest BCUT2D eigenvalue weighted by molar-refractivity contribution is 9.10. The van der Waals surface area contributed by atoms with E-state index in [4.69, 9.17) is 9.47 Å². The Hall–Kier alpha value is -3.91. The number of anilines is 1. The Bertz CT molecular complexity index is 1300. The second-order valence-electron chi connectivity index (χ2n) is 8.58. The molecule has 37 heavy (non-hydrogen) atoms. The molecule has 1 saturated heterocycles. The summed E-state index contributed by atoms with van der Waals surface area (Å²) in [4.78, 5) is 38.6. The summed E-state index contributed by atoms with van der Waals surface area (Å²) in [6.45, 7) is 5.12. The van der Waals surface area contributed by atoms with Crippen LogP contribution in [0.15, 0.2) is 82.8 Å². The topological polar surface area (TPSA) is 84.9 Å². The monoisotopic (exact) mass is 562 g/mol. The van der Waals surface area contributed by atoms with Gasteiger partial charge in [0.25, 0.3) is 11.8 Å². The summed E-state index contributed by atoms with van der Waals surface area (Å²) < 4.78 is 12.3. The first-order chi connectivity index (χ1) is 17.9. The molecule has 8 heteroatoms. The van der Waals surface area contributed by atoms with E-state index in [1.165, 1.54) is 11.6 Å². The number of rotatable bonds is 9. The van der Waals surface area contributed by atoms with E-state index in [0.717, 1.165) is 21.5 Å². The van der Waals surface area contributed by atoms with Crippen LogP contribution in [0.1, 0.15) is 37.3 Å². The third-order valence-corrected chi connectivity index (χ3v) is 6.59. The minimum atomic E-state index is -0.785. The largest absolute Gasteiger partial charge is 0.490 e. The zero-order valence-corrected chi connectivity index (χ0v) is 22.2. The maximum atomic E-state index is 13.0. The van der Waals surface area contributed by atoms with Crippen molar-refractivity contribution in [3.05, 3.63) is 94.0 Å². The lowest BCUT2D eigenvalue weighted by Crippen LogP contribution is -2.54. The number of hydrogen-bond acceptors (Lipinski definition) is 5. The lowest BCUT2D eigenvalue weighted by atomic mass is 9.99. The molecule has 4 amide bonds. The van der Waals surface area contributed by atoms with Gasteiger partial charge in [0, 0.05) is 4.47 Å². The summed E-state index contributed by atoms with van der Waals surface area (Å²) in [6, 6.07) is 20.9. The number of amides is 4. The van der Waals surface area contributed by atoms with Crippen molar-refractivity contribution in [2.24, 2.45) is 0 Å². The number of barbiturate groups is 1. The molecule has 1 aliphatic heterocycles. The van der Waals surface area contributed by atoms with Gasteiger partial charge in [0.1, 0.15) is 30.3 Å². The molecular weight excluding hydrogens is 536 g/mol. The molecule has 3 aromatic carbocycles. The molecule has 0 aromatic heterocycles. The van der Waals surface area contributed by atoms with Crippen molar-refractivity contribution >= 4 is 45.5 Å². The number of nitrogens with one attached hydrogen (secondary N) is 1. The Morgan fingerprint density at radius 2 is 1.43 bits per heavy atom. The van der Waals surface area contributed by atoms with Crippen molar-refractivity contribution < 1.29 is 23.9 Å². The molecule has 190 valence electrons. The van der Waals surface area contributed by atoms with Crippen LogP contribution < -0.4 is 19.7 Å². The molecule has 0 radical (unpaired) electrons. The van der Waals surface area contributed by atoms with Crippen LogP contribution in [0.2, 0.25) is 0 Å². The summed E-state index contributed by atoms with van der Waals surface area (Å²) in [5.41, 5.74) is 2.14. The minimum absolute atomic E-state index is 0.135. The van der Waals surface area contributed by atoms with E-state index in [2.05, 4.69) is 47.2 Å². The van der Waals surface area contributed by atoms with Gasteiger partial charge in [-0.1, -0.05) is 54.0 Å². The van der Waals surface area contributed by atoms with Gasteiger partial charge in [-0.15, -0.1) is 0 Å². The van der Waals surface area contributed by atoms with Crippen LogP contribution >= 0.6 is 15.9 Å². The quantitative estimate of drug-likeness (QED) is 0.194. The lowest BCUT2D eigenvalue weighted by Gasteiger charge is -2.26. The van der Waals surface area contributed by atoms with E-state index < -0.39 is 17.8 Å². The third kappa shape index (κ3) is 6.46. The van der Waals surface area contributed by atoms with Gasteiger partial charge < -0.3 is 9.47 Å². The van der Waals surface area contributed by atoms with Crippen molar-refractivity contribution in [3.8, 4) is 11.5 Å². The molecule has 0 bridgehead atoms. The van der Waals surface area contributed by atoms with Gasteiger partial charge in [-0.05, 0) is 78.1 Å². The number of nitrogens with zero attached hydrogens (tertiary/aromatic N) is 1. The molecule has 0 aliphatic carbocycles. The molecule has 0 unspecified atom stereocenters. The van der Waals surface area contributed by atoms with Crippen molar-refractivity contribution in [1.82, 2.24) is 5.32 Å². The van der Waals surface area contributed by atoms with Gasteiger partial charge in [0.05, 0.1) is 5.69 Å². The van der Waals surface area contributed by atoms with Crippen molar-refractivity contribution in [2.45, 2.75) is 26.2 Å². The number of ether oxygens (including phenoxy) is 2. The van der Waals surface area contributed by atoms with Gasteiger partial charge >= 0.3 is 6.03 Å². The Balaban J connectivity index is 1.34. The van der Waals surface area contributed by atoms with E-state index in [9.17, 15) is 14.4 Å². The summed E-state index contributed by atoms with van der Waals surface area (Å²) in [7, 11) is 0. The van der Waals surface area contributed by atoms with Crippen molar-refractivity contribution in [3.63, 3.8) is 0 Å². The molecule has 7 nitrogen and oxygen atoms in total. The smallest absolute Gasteiger partial charge is 0.335 e. The van der Waals surface area contributed by atoms with E-state index in [0.29, 0.717) is 36.1 Å². The number of carbonyl (C=O) groups excluding carboxylic acids is 3. The highest BCUT2D eigenvalue weighted by atomic mass is 79.9. The summed E-state index contributed by atoms with van der Waals surface area (Å²) >= 11 is 3.32. The maximum Gasteiger partial charge on any atom is 0.335 e. The van der Waals surface area contributed by atoms with Crippen molar-refractivity contribution in [1.29, 1.82) is 0 Å². The van der Waals surface area contributed by atoms with Crippen LogP contribution in [0.5, 0.6) is 11.5 Å². The van der Waals surface area contributed by atoms with Crippen molar-refractivity contribution in [2.75, 3.05) is 18.1 Å². The van der Waals surface area contributed by atoms with Gasteiger partial charge in [0.15, 0.2) is 0 Å². The Labute approximate surface area is 224 Å². The summed E-state index contributed by atoms with van der Waals surface area (Å²) in [5.74, 6) is 0.519. The standard InChI is InChI=1S/C29H27BrN2O5/c1-3-19(2)21-6-14-25(15-7-21)37-17-16-36-24-12-4-20(5-13-24)18-26-27(33)31-29(35)32(28(26)34)23-10-8-22(30)9-11-23/h4-15,18-19H,3,16-17H2,1-2H3,(H,31,33,35)/b26-18-/t19-/m1/s1. The van der Waals surface area contributed by atoms with Crippen LogP contribution in [-0.2, 0) is 9.59 Å². The first-order valence-electron chi connectivity index (χ1n) is 12.0. The summed E-state index contributed by atoms with van der Waals surface area (Å²) in [5, 5.41) is 2.22. The molecule has 1 heterocycles. The van der Waals surface area contributed by atoms with E-state index in [1.807, 2.05) is 12.1 Å². The molecule has 0 spiro atoms. The third-order valence-electron chi connectivity index (χ3n) is 6.06. The van der Waals surface area contributed by atoms with E-state index in [1.54, 1.807) is 48.5 Å². The second-order valence-corrected chi connectivity index (χ2v) is 9.49. The molecule has 1 N–H and O–H groups in total. The molecule has 1 fully saturated rings. The highest BCUT2D eigenvalue weighted by Gasteiger charge is 2.36. The van der Waals surface area contributed by atoms with Crippen LogP contribution in [0.3, 0.4) is 0 Å². The number of benzene rings is 3. The predicted octanol–water partition coefficient (Wildman–Crippen LogP) is 6.09. The zero-order valence-electron chi connectivity index (χ0n) is 20.6. The average Bonchev–Trinajstić information content (AvgIpc) is 2.90. The lowest BCUT2D eigenvalue weighted by molar-refractivity contribution is -0.122. The minimum Gasteiger partial charge on any atom is -0.490 e. The number of carbonyl (C=O) groups is 3. The number of urea groups is 1. The van der Waals surface area contributed by atoms with Crippen LogP contribution in [0.25, 0.3) is 6.08 Å². The maximum absolute atomic E-state index is 13.0. The van der Waals surface area contributed by atoms with Gasteiger partial charge in [0.2, 0.25) is 0 Å². The van der Waals surface area contributed by atoms with Gasteiger partial charge in [-0.2, -0.15) is 0 Å². The normalized spacial score (nSPS) is 15.5. The fourth-order valence-corrected chi connectivity index (χ4v) is 4.02. The molecule has 4 rings (SSSR count). The molecule has 0 saturated carbocycles. The molecular formula is C29H27BrN2O5. The van der Waals surface area contributed by atoms with Crippen LogP contribution in [0.4, 0.5) is 10.5 Å². The van der Waals surface area contributed by atoms with E-state index in [-0.39, 0.29) is 5.57 Å². The summed E-state index contributed by atoms with van der Waals surface area (Å²) in [6.07, 6.45) is 2.55. The van der Waals surface area contributed by atoms with Gasteiger partial charge in [-0.3, -0.25) is 14.9 Å². The Morgan fingerprint density at radius 1 is 0.865 bits per heavy atom. The van der Waals surface area contributed by atoms with Crippen LogP contribution in [-0.4, -0.2) is 31.1 Å². The number of hydrogen-bond donors (Lipinski definition) is 1. The first-order valence-corrected chi connectivity index (χ1v) is 12.8. The number of imide groups is 2. The average molecular weight is 563 g/mol. The molecule has 1 atom stereocenters. The zero-order chi connectivity index (χ0) is 26.4. The van der Waals surface area contributed by atoms with Crippen LogP contribution in [0, 0.1) is 0 Å². The first kappa shape index (κ1) is 26.2. The SMILES string of the molecule is CC[C@@H](C)c1ccc(OCCOc2ccc(/C=C3/C(=O)NC(=O)N(c4ccc(Br)cc4)C3=O)cc2)cc1. The van der Waals surface area contributed by atoms with E-state index >= 15 is 0 Å². The Kier molecular flexibility index (Phi) is 8.40. The molecule has 3 aromatic rings. The molecule has 1 aliphatic rings. The fourth-order valence-electron chi connectivity index (χ4n) is 3.76. The van der Waals surface area contributed by atoms with Gasteiger partial charge in [-0.25, -0.2) is 9.69 Å².